The Balaban J connectivity index is 2.17. The van der Waals surface area contributed by atoms with Crippen LogP contribution in [0.1, 0.15) is 22.3 Å². The van der Waals surface area contributed by atoms with Crippen molar-refractivity contribution >= 4 is 17.3 Å². The molecule has 0 radical (unpaired) electrons. The van der Waals surface area contributed by atoms with Crippen LogP contribution in [0.2, 0.25) is 5.02 Å². The first kappa shape index (κ1) is 13.2. The Morgan fingerprint density at radius 1 is 1.15 bits per heavy atom. The first-order valence-corrected chi connectivity index (χ1v) is 7.05. The fourth-order valence-corrected chi connectivity index (χ4v) is 2.88. The molecule has 0 unspecified atom stereocenters. The van der Waals surface area contributed by atoms with Crippen LogP contribution in [0.5, 0.6) is 5.75 Å². The maximum absolute atomic E-state index is 6.22. The number of ether oxygens (including phenoxy) is 1. The Hall–Kier alpha value is -1.80. The minimum Gasteiger partial charge on any atom is -0.495 e. The van der Waals surface area contributed by atoms with Crippen molar-refractivity contribution in [3.8, 4) is 5.75 Å². The highest BCUT2D eigenvalue weighted by Crippen LogP contribution is 2.32. The van der Waals surface area contributed by atoms with E-state index in [0.29, 0.717) is 10.8 Å². The van der Waals surface area contributed by atoms with Crippen LogP contribution in [0, 0.1) is 6.92 Å². The Morgan fingerprint density at radius 3 is 2.70 bits per heavy atom. The summed E-state index contributed by atoms with van der Waals surface area (Å²) in [7, 11) is 1.64. The molecular weight excluding hydrogens is 270 g/mol. The fourth-order valence-electron chi connectivity index (χ4n) is 2.62. The second kappa shape index (κ2) is 5.29. The molecule has 3 heteroatoms. The third-order valence-corrected chi connectivity index (χ3v) is 3.98. The molecule has 0 amide bonds. The summed E-state index contributed by atoms with van der Waals surface area (Å²) in [5.41, 5.74) is 5.82. The van der Waals surface area contributed by atoms with Gasteiger partial charge in [-0.05, 0) is 36.6 Å². The van der Waals surface area contributed by atoms with Crippen LogP contribution in [0.3, 0.4) is 0 Å². The van der Waals surface area contributed by atoms with Gasteiger partial charge < -0.3 is 4.74 Å². The molecule has 1 aliphatic rings. The second-order valence-electron chi connectivity index (χ2n) is 4.94. The molecule has 2 nitrogen and oxygen atoms in total. The lowest BCUT2D eigenvalue weighted by molar-refractivity contribution is 0.414. The molecule has 20 heavy (non-hydrogen) atoms. The van der Waals surface area contributed by atoms with Crippen LogP contribution in [-0.2, 0) is 6.42 Å². The predicted octanol–water partition coefficient (Wildman–Crippen LogP) is 4.05. The van der Waals surface area contributed by atoms with Crippen molar-refractivity contribution in [2.24, 2.45) is 4.99 Å². The maximum Gasteiger partial charge on any atom is 0.138 e. The third kappa shape index (κ3) is 2.20. The van der Waals surface area contributed by atoms with E-state index in [-0.39, 0.29) is 0 Å². The summed E-state index contributed by atoms with van der Waals surface area (Å²) in [5, 5.41) is 0.664. The maximum atomic E-state index is 6.22. The number of rotatable bonds is 2. The van der Waals surface area contributed by atoms with E-state index in [1.807, 2.05) is 24.3 Å². The average Bonchev–Trinajstić information content (AvgIpc) is 2.46. The highest BCUT2D eigenvalue weighted by molar-refractivity contribution is 6.32. The molecule has 0 spiro atoms. The Labute approximate surface area is 124 Å². The van der Waals surface area contributed by atoms with Crippen molar-refractivity contribution in [2.45, 2.75) is 13.3 Å². The number of aliphatic imine (C=N–C) groups is 1. The zero-order chi connectivity index (χ0) is 14.1. The summed E-state index contributed by atoms with van der Waals surface area (Å²) in [6, 6.07) is 12.3. The molecule has 1 heterocycles. The van der Waals surface area contributed by atoms with E-state index in [4.69, 9.17) is 21.3 Å². The molecule has 2 aromatic carbocycles. The summed E-state index contributed by atoms with van der Waals surface area (Å²) in [5.74, 6) is 0.702. The fraction of sp³-hybridized carbons (Fsp3) is 0.235. The van der Waals surface area contributed by atoms with Gasteiger partial charge in [-0.15, -0.1) is 0 Å². The predicted molar refractivity (Wildman–Crippen MR) is 83.4 cm³/mol. The SMILES string of the molecule is COc1cc2c(cc1Cl)CCN=C2c1ccccc1C. The van der Waals surface area contributed by atoms with E-state index in [1.54, 1.807) is 7.11 Å². The largest absolute Gasteiger partial charge is 0.495 e. The number of hydrogen-bond acceptors (Lipinski definition) is 2. The van der Waals surface area contributed by atoms with Crippen molar-refractivity contribution < 1.29 is 4.74 Å². The van der Waals surface area contributed by atoms with Crippen LogP contribution in [-0.4, -0.2) is 19.4 Å². The molecule has 0 atom stereocenters. The quantitative estimate of drug-likeness (QED) is 0.816. The molecular formula is C17H16ClNO. The van der Waals surface area contributed by atoms with Gasteiger partial charge in [-0.25, -0.2) is 0 Å². The summed E-state index contributed by atoms with van der Waals surface area (Å²) in [6.45, 7) is 2.92. The van der Waals surface area contributed by atoms with E-state index >= 15 is 0 Å². The molecule has 0 saturated heterocycles. The number of benzene rings is 2. The van der Waals surface area contributed by atoms with Gasteiger partial charge in [-0.3, -0.25) is 4.99 Å². The van der Waals surface area contributed by atoms with Gasteiger partial charge >= 0.3 is 0 Å². The topological polar surface area (TPSA) is 21.6 Å². The first-order chi connectivity index (χ1) is 9.70. The molecule has 0 bridgehead atoms. The lowest BCUT2D eigenvalue weighted by Gasteiger charge is -2.20. The molecule has 102 valence electrons. The summed E-state index contributed by atoms with van der Waals surface area (Å²) >= 11 is 6.22. The first-order valence-electron chi connectivity index (χ1n) is 6.68. The molecule has 0 fully saturated rings. The van der Waals surface area contributed by atoms with Crippen LogP contribution in [0.25, 0.3) is 0 Å². The standard InChI is InChI=1S/C17H16ClNO/c1-11-5-3-4-6-13(11)17-14-10-16(20-2)15(18)9-12(14)7-8-19-17/h3-6,9-10H,7-8H2,1-2H3. The van der Waals surface area contributed by atoms with Gasteiger partial charge in [0.25, 0.3) is 0 Å². The second-order valence-corrected chi connectivity index (χ2v) is 5.35. The van der Waals surface area contributed by atoms with Crippen LogP contribution >= 0.6 is 11.6 Å². The van der Waals surface area contributed by atoms with E-state index < -0.39 is 0 Å². The molecule has 0 N–H and O–H groups in total. The van der Waals surface area contributed by atoms with E-state index in [0.717, 1.165) is 24.2 Å². The molecule has 2 aromatic rings. The molecule has 3 rings (SSSR count). The van der Waals surface area contributed by atoms with Gasteiger partial charge in [0.1, 0.15) is 5.75 Å². The highest BCUT2D eigenvalue weighted by Gasteiger charge is 2.19. The van der Waals surface area contributed by atoms with Crippen LogP contribution in [0.4, 0.5) is 0 Å². The van der Waals surface area contributed by atoms with Crippen LogP contribution in [0.15, 0.2) is 41.4 Å². The summed E-state index contributed by atoms with van der Waals surface area (Å²) < 4.78 is 5.34. The van der Waals surface area contributed by atoms with E-state index in [1.165, 1.54) is 16.7 Å². The smallest absolute Gasteiger partial charge is 0.138 e. The average molecular weight is 286 g/mol. The normalized spacial score (nSPS) is 13.7. The number of fused-ring (bicyclic) bond motifs is 1. The van der Waals surface area contributed by atoms with Gasteiger partial charge in [-0.1, -0.05) is 35.9 Å². The Kier molecular flexibility index (Phi) is 3.49. The van der Waals surface area contributed by atoms with Gasteiger partial charge in [0.15, 0.2) is 0 Å². The monoisotopic (exact) mass is 285 g/mol. The van der Waals surface area contributed by atoms with Crippen molar-refractivity contribution in [2.75, 3.05) is 13.7 Å². The lowest BCUT2D eigenvalue weighted by atomic mass is 9.91. The molecule has 0 aliphatic carbocycles. The van der Waals surface area contributed by atoms with Gasteiger partial charge in [0, 0.05) is 17.7 Å². The minimum atomic E-state index is 0.664. The highest BCUT2D eigenvalue weighted by atomic mass is 35.5. The van der Waals surface area contributed by atoms with E-state index in [9.17, 15) is 0 Å². The molecule has 0 aromatic heterocycles. The number of halogens is 1. The van der Waals surface area contributed by atoms with Gasteiger partial charge in [0.05, 0.1) is 17.8 Å². The summed E-state index contributed by atoms with van der Waals surface area (Å²) in [6.07, 6.45) is 0.925. The number of aryl methyl sites for hydroxylation is 1. The van der Waals surface area contributed by atoms with Gasteiger partial charge in [0.2, 0.25) is 0 Å². The number of nitrogens with zero attached hydrogens (tertiary/aromatic N) is 1. The Bertz CT molecular complexity index is 691. The number of methoxy groups -OCH3 is 1. The lowest BCUT2D eigenvalue weighted by Crippen LogP contribution is -2.15. The minimum absolute atomic E-state index is 0.664. The van der Waals surface area contributed by atoms with Crippen LogP contribution < -0.4 is 4.74 Å². The van der Waals surface area contributed by atoms with Crippen molar-refractivity contribution in [3.63, 3.8) is 0 Å². The van der Waals surface area contributed by atoms with Crippen molar-refractivity contribution in [3.05, 3.63) is 63.7 Å². The Morgan fingerprint density at radius 2 is 1.95 bits per heavy atom. The van der Waals surface area contributed by atoms with E-state index in [2.05, 4.69) is 19.1 Å². The zero-order valence-electron chi connectivity index (χ0n) is 11.6. The summed E-state index contributed by atoms with van der Waals surface area (Å²) in [4.78, 5) is 4.72. The molecule has 0 saturated carbocycles. The number of hydrogen-bond donors (Lipinski definition) is 0. The molecule has 1 aliphatic heterocycles. The van der Waals surface area contributed by atoms with Crippen molar-refractivity contribution in [1.82, 2.24) is 0 Å². The van der Waals surface area contributed by atoms with Crippen molar-refractivity contribution in [1.29, 1.82) is 0 Å². The van der Waals surface area contributed by atoms with Gasteiger partial charge in [-0.2, -0.15) is 0 Å². The third-order valence-electron chi connectivity index (χ3n) is 3.68. The zero-order valence-corrected chi connectivity index (χ0v) is 12.4.